The summed E-state index contributed by atoms with van der Waals surface area (Å²) in [4.78, 5) is 0. The molecule has 1 aliphatic carbocycles. The number of rotatable bonds is 3. The second-order valence-electron chi connectivity index (χ2n) is 10.1. The monoisotopic (exact) mass is 423 g/mol. The van der Waals surface area contributed by atoms with Crippen LogP contribution in [0.15, 0.2) is 29.8 Å². The highest BCUT2D eigenvalue weighted by Crippen LogP contribution is 2.51. The van der Waals surface area contributed by atoms with Crippen molar-refractivity contribution in [3.05, 3.63) is 41.0 Å². The zero-order valence-electron chi connectivity index (χ0n) is 19.0. The molecule has 0 fully saturated rings. The Morgan fingerprint density at radius 1 is 1.04 bits per heavy atom. The standard InChI is InChI=1S/C25H38N.2ClH/c1-17(2)21-10-9-11-22(18(3)4)23(21)26-16-25(15-24(26,7)8)13-12-19(5)14-20(25)6;;/h9-11,14,16-18,20H,12-13,15H2,1-8H3;2*1H/q+1;;/p-1. The maximum Gasteiger partial charge on any atom is 0.212 e. The third-order valence-electron chi connectivity index (χ3n) is 6.81. The molecule has 1 nitrogen and oxygen atoms in total. The van der Waals surface area contributed by atoms with Crippen LogP contribution in [-0.4, -0.2) is 16.3 Å². The summed E-state index contributed by atoms with van der Waals surface area (Å²) in [6.45, 7) is 18.9. The Morgan fingerprint density at radius 2 is 1.57 bits per heavy atom. The summed E-state index contributed by atoms with van der Waals surface area (Å²) in [6, 6.07) is 6.94. The maximum atomic E-state index is 2.67. The van der Waals surface area contributed by atoms with Gasteiger partial charge in [0.1, 0.15) is 0 Å². The number of halogens is 2. The number of hydrogen-bond donors (Lipinski definition) is 0. The highest BCUT2D eigenvalue weighted by atomic mass is 35.5. The van der Waals surface area contributed by atoms with Crippen molar-refractivity contribution >= 4 is 24.3 Å². The van der Waals surface area contributed by atoms with Crippen LogP contribution in [0, 0.1) is 11.3 Å². The Hall–Kier alpha value is -0.790. The van der Waals surface area contributed by atoms with Crippen LogP contribution in [0.1, 0.15) is 97.6 Å². The van der Waals surface area contributed by atoms with E-state index < -0.39 is 0 Å². The number of allylic oxidation sites excluding steroid dienone is 2. The SMILES string of the molecule is CC1=CC(C)C2(C=[N+](c3c(C(C)C)cccc3C(C)C)C(C)(C)C2)CC1.Cl.[Cl-]. The molecular weight excluding hydrogens is 385 g/mol. The first-order chi connectivity index (χ1) is 12.1. The molecule has 0 amide bonds. The van der Waals surface area contributed by atoms with Crippen LogP contribution in [0.5, 0.6) is 0 Å². The zero-order valence-corrected chi connectivity index (χ0v) is 20.5. The van der Waals surface area contributed by atoms with Gasteiger partial charge in [-0.1, -0.05) is 64.5 Å². The lowest BCUT2D eigenvalue weighted by atomic mass is 9.66. The Morgan fingerprint density at radius 3 is 2.04 bits per heavy atom. The Kier molecular flexibility index (Phi) is 8.04. The first-order valence-corrected chi connectivity index (χ1v) is 10.5. The summed E-state index contributed by atoms with van der Waals surface area (Å²) >= 11 is 0. The van der Waals surface area contributed by atoms with Crippen molar-refractivity contribution in [3.63, 3.8) is 0 Å². The minimum absolute atomic E-state index is 0. The van der Waals surface area contributed by atoms with Crippen molar-refractivity contribution in [1.82, 2.24) is 0 Å². The number of nitrogens with zero attached hydrogens (tertiary/aromatic N) is 1. The quantitative estimate of drug-likeness (QED) is 0.492. The second-order valence-corrected chi connectivity index (χ2v) is 10.1. The average Bonchev–Trinajstić information content (AvgIpc) is 2.82. The van der Waals surface area contributed by atoms with Gasteiger partial charge in [0, 0.05) is 31.4 Å². The van der Waals surface area contributed by atoms with E-state index in [-0.39, 0.29) is 30.4 Å². The molecule has 1 heterocycles. The third kappa shape index (κ3) is 4.36. The maximum absolute atomic E-state index is 2.67. The van der Waals surface area contributed by atoms with Gasteiger partial charge in [0.2, 0.25) is 5.69 Å². The molecule has 2 unspecified atom stereocenters. The minimum Gasteiger partial charge on any atom is -1.00 e. The van der Waals surface area contributed by atoms with E-state index in [1.165, 1.54) is 36.1 Å². The van der Waals surface area contributed by atoms with Gasteiger partial charge in [-0.05, 0) is 37.5 Å². The topological polar surface area (TPSA) is 3.01 Å². The van der Waals surface area contributed by atoms with E-state index in [4.69, 9.17) is 0 Å². The normalized spacial score (nSPS) is 26.0. The summed E-state index contributed by atoms with van der Waals surface area (Å²) in [5.41, 5.74) is 6.50. The highest BCUT2D eigenvalue weighted by molar-refractivity contribution is 5.85. The lowest BCUT2D eigenvalue weighted by Gasteiger charge is -2.34. The van der Waals surface area contributed by atoms with Gasteiger partial charge in [0.25, 0.3) is 0 Å². The van der Waals surface area contributed by atoms with Gasteiger partial charge in [-0.2, -0.15) is 4.58 Å². The Labute approximate surface area is 185 Å². The van der Waals surface area contributed by atoms with Crippen LogP contribution in [0.25, 0.3) is 0 Å². The zero-order chi connectivity index (χ0) is 19.3. The van der Waals surface area contributed by atoms with Gasteiger partial charge >= 0.3 is 0 Å². The summed E-state index contributed by atoms with van der Waals surface area (Å²) in [5.74, 6) is 1.69. The van der Waals surface area contributed by atoms with Crippen molar-refractivity contribution in [1.29, 1.82) is 0 Å². The van der Waals surface area contributed by atoms with Crippen molar-refractivity contribution < 1.29 is 17.0 Å². The van der Waals surface area contributed by atoms with Gasteiger partial charge in [0.15, 0.2) is 11.8 Å². The molecule has 0 saturated carbocycles. The lowest BCUT2D eigenvalue weighted by molar-refractivity contribution is -0.513. The van der Waals surface area contributed by atoms with Crippen LogP contribution < -0.4 is 12.4 Å². The highest BCUT2D eigenvalue weighted by Gasteiger charge is 2.54. The average molecular weight is 425 g/mol. The molecule has 1 aromatic rings. The number of benzene rings is 1. The van der Waals surface area contributed by atoms with Crippen LogP contribution in [0.2, 0.25) is 0 Å². The number of hydrogen-bond acceptors (Lipinski definition) is 0. The molecule has 158 valence electrons. The van der Waals surface area contributed by atoms with Crippen LogP contribution in [0.4, 0.5) is 5.69 Å². The molecule has 0 saturated heterocycles. The molecule has 28 heavy (non-hydrogen) atoms. The van der Waals surface area contributed by atoms with E-state index in [2.05, 4.69) is 90.5 Å². The fourth-order valence-electron chi connectivity index (χ4n) is 5.29. The first kappa shape index (κ1) is 25.2. The van der Waals surface area contributed by atoms with E-state index in [1.54, 1.807) is 5.57 Å². The predicted octanol–water partition coefficient (Wildman–Crippen LogP) is 4.62. The van der Waals surface area contributed by atoms with Gasteiger partial charge in [0.05, 0.1) is 5.41 Å². The van der Waals surface area contributed by atoms with Gasteiger partial charge in [-0.3, -0.25) is 0 Å². The molecular formula is C25H39Cl2N. The van der Waals surface area contributed by atoms with Gasteiger partial charge in [-0.15, -0.1) is 12.4 Å². The van der Waals surface area contributed by atoms with E-state index in [1.807, 2.05) is 0 Å². The van der Waals surface area contributed by atoms with E-state index in [9.17, 15) is 0 Å². The fourth-order valence-corrected chi connectivity index (χ4v) is 5.29. The second kappa shape index (κ2) is 8.92. The molecule has 0 radical (unpaired) electrons. The predicted molar refractivity (Wildman–Crippen MR) is 121 cm³/mol. The lowest BCUT2D eigenvalue weighted by Crippen LogP contribution is -3.00. The fraction of sp³-hybridized carbons (Fsp3) is 0.640. The molecule has 0 aromatic heterocycles. The minimum atomic E-state index is 0. The van der Waals surface area contributed by atoms with Crippen molar-refractivity contribution in [2.45, 2.75) is 92.0 Å². The van der Waals surface area contributed by atoms with E-state index in [0.717, 1.165) is 0 Å². The summed E-state index contributed by atoms with van der Waals surface area (Å²) in [5, 5.41) is 0. The Balaban J connectivity index is 0.00000196. The summed E-state index contributed by atoms with van der Waals surface area (Å²) in [7, 11) is 0. The Bertz CT molecular complexity index is 732. The van der Waals surface area contributed by atoms with Gasteiger partial charge < -0.3 is 12.4 Å². The van der Waals surface area contributed by atoms with Crippen molar-refractivity contribution in [3.8, 4) is 0 Å². The number of para-hydroxylation sites is 1. The van der Waals surface area contributed by atoms with Crippen molar-refractivity contribution in [2.24, 2.45) is 11.3 Å². The molecule has 0 N–H and O–H groups in total. The van der Waals surface area contributed by atoms with E-state index >= 15 is 0 Å². The largest absolute Gasteiger partial charge is 1.00 e. The third-order valence-corrected chi connectivity index (χ3v) is 6.81. The smallest absolute Gasteiger partial charge is 0.212 e. The molecule has 0 bridgehead atoms. The summed E-state index contributed by atoms with van der Waals surface area (Å²) < 4.78 is 2.67. The van der Waals surface area contributed by atoms with E-state index in [0.29, 0.717) is 23.2 Å². The molecule has 3 heteroatoms. The van der Waals surface area contributed by atoms with Gasteiger partial charge in [-0.25, -0.2) is 0 Å². The molecule has 1 aromatic carbocycles. The van der Waals surface area contributed by atoms with Crippen molar-refractivity contribution in [2.75, 3.05) is 0 Å². The molecule has 1 aliphatic heterocycles. The summed E-state index contributed by atoms with van der Waals surface area (Å²) in [6.07, 6.45) is 8.94. The van der Waals surface area contributed by atoms with Crippen LogP contribution in [-0.2, 0) is 0 Å². The van der Waals surface area contributed by atoms with Crippen LogP contribution in [0.3, 0.4) is 0 Å². The molecule has 1 spiro atoms. The first-order valence-electron chi connectivity index (χ1n) is 10.5. The van der Waals surface area contributed by atoms with Crippen LogP contribution >= 0.6 is 12.4 Å². The molecule has 3 rings (SSSR count). The molecule has 2 atom stereocenters. The molecule has 2 aliphatic rings.